The van der Waals surface area contributed by atoms with Crippen LogP contribution in [0.2, 0.25) is 0 Å². The molecule has 0 spiro atoms. The summed E-state index contributed by atoms with van der Waals surface area (Å²) in [6, 6.07) is 3.47. The van der Waals surface area contributed by atoms with E-state index in [9.17, 15) is 9.90 Å². The van der Waals surface area contributed by atoms with E-state index < -0.39 is 0 Å². The minimum Gasteiger partial charge on any atom is -0.507 e. The Kier molecular flexibility index (Phi) is 1.77. The highest BCUT2D eigenvalue weighted by molar-refractivity contribution is 5.93. The van der Waals surface area contributed by atoms with Gasteiger partial charge in [0.25, 0.3) is 0 Å². The van der Waals surface area contributed by atoms with E-state index in [1.165, 1.54) is 17.8 Å². The number of aromatic nitrogens is 2. The molecule has 0 radical (unpaired) electrons. The first kappa shape index (κ1) is 8.74. The number of nitrogens with zero attached hydrogens (tertiary/aromatic N) is 2. The largest absolute Gasteiger partial charge is 0.507 e. The van der Waals surface area contributed by atoms with E-state index in [1.807, 2.05) is 13.0 Å². The second kappa shape index (κ2) is 2.83. The molecule has 0 aliphatic carbocycles. The molecule has 1 N–H and O–H groups in total. The molecule has 0 aliphatic rings. The van der Waals surface area contributed by atoms with Gasteiger partial charge < -0.3 is 5.11 Å². The van der Waals surface area contributed by atoms with Crippen molar-refractivity contribution in [3.05, 3.63) is 23.9 Å². The van der Waals surface area contributed by atoms with Gasteiger partial charge in [-0.3, -0.25) is 4.79 Å². The van der Waals surface area contributed by atoms with Crippen LogP contribution in [0.4, 0.5) is 0 Å². The van der Waals surface area contributed by atoms with E-state index >= 15 is 0 Å². The molecule has 0 saturated carbocycles. The highest BCUT2D eigenvalue weighted by Gasteiger charge is 2.09. The third kappa shape index (κ3) is 1.16. The summed E-state index contributed by atoms with van der Waals surface area (Å²) in [5, 5.41) is 14.1. The summed E-state index contributed by atoms with van der Waals surface area (Å²) in [6.45, 7) is 3.29. The van der Waals surface area contributed by atoms with Gasteiger partial charge in [-0.2, -0.15) is 5.10 Å². The summed E-state index contributed by atoms with van der Waals surface area (Å²) in [7, 11) is 0. The first-order chi connectivity index (χ1) is 6.59. The van der Waals surface area contributed by atoms with E-state index in [-0.39, 0.29) is 11.7 Å². The van der Waals surface area contributed by atoms with Crippen LogP contribution in [0.1, 0.15) is 17.3 Å². The van der Waals surface area contributed by atoms with Crippen LogP contribution in [-0.2, 0) is 0 Å². The lowest BCUT2D eigenvalue weighted by molar-refractivity contribution is 0.0927. The number of carbonyl (C=O) groups is 1. The van der Waals surface area contributed by atoms with Crippen molar-refractivity contribution >= 4 is 16.8 Å². The van der Waals surface area contributed by atoms with E-state index in [4.69, 9.17) is 0 Å². The zero-order chi connectivity index (χ0) is 10.3. The third-order valence-corrected chi connectivity index (χ3v) is 2.11. The van der Waals surface area contributed by atoms with Gasteiger partial charge in [-0.05, 0) is 24.6 Å². The molecule has 2 rings (SSSR count). The van der Waals surface area contributed by atoms with Crippen molar-refractivity contribution < 1.29 is 9.90 Å². The van der Waals surface area contributed by atoms with Gasteiger partial charge in [-0.1, -0.05) is 0 Å². The van der Waals surface area contributed by atoms with Gasteiger partial charge in [0.2, 0.25) is 5.91 Å². The summed E-state index contributed by atoms with van der Waals surface area (Å²) >= 11 is 0. The molecule has 2 aromatic rings. The topological polar surface area (TPSA) is 55.1 Å². The van der Waals surface area contributed by atoms with Gasteiger partial charge in [-0.25, -0.2) is 4.68 Å². The lowest BCUT2D eigenvalue weighted by atomic mass is 10.1. The summed E-state index contributed by atoms with van der Waals surface area (Å²) in [4.78, 5) is 11.2. The van der Waals surface area contributed by atoms with Gasteiger partial charge in [-0.15, -0.1) is 0 Å². The molecule has 4 heteroatoms. The van der Waals surface area contributed by atoms with E-state index in [2.05, 4.69) is 5.10 Å². The van der Waals surface area contributed by atoms with Crippen LogP contribution in [-0.4, -0.2) is 20.8 Å². The number of phenolic OH excluding ortho intramolecular Hbond substituents is 1. The molecule has 4 nitrogen and oxygen atoms in total. The highest BCUT2D eigenvalue weighted by Crippen LogP contribution is 2.25. The zero-order valence-corrected chi connectivity index (χ0v) is 7.98. The van der Waals surface area contributed by atoms with Crippen LogP contribution in [0.3, 0.4) is 0 Å². The number of fused-ring (bicyclic) bond motifs is 1. The first-order valence-corrected chi connectivity index (χ1v) is 4.28. The average molecular weight is 190 g/mol. The van der Waals surface area contributed by atoms with Crippen LogP contribution < -0.4 is 0 Å². The number of carbonyl (C=O) groups excluding carboxylic acids is 1. The van der Waals surface area contributed by atoms with Crippen molar-refractivity contribution in [1.29, 1.82) is 0 Å². The van der Waals surface area contributed by atoms with E-state index in [1.54, 1.807) is 6.07 Å². The van der Waals surface area contributed by atoms with Crippen molar-refractivity contribution in [2.24, 2.45) is 0 Å². The normalized spacial score (nSPS) is 10.7. The Bertz CT molecular complexity index is 514. The van der Waals surface area contributed by atoms with Crippen molar-refractivity contribution in [3.8, 4) is 5.75 Å². The maximum atomic E-state index is 11.2. The summed E-state index contributed by atoms with van der Waals surface area (Å²) in [5.74, 6) is -0.00231. The fourth-order valence-electron chi connectivity index (χ4n) is 1.50. The predicted octanol–water partition coefficient (Wildman–Crippen LogP) is 1.71. The molecular weight excluding hydrogens is 180 g/mol. The Labute approximate surface area is 80.8 Å². The van der Waals surface area contributed by atoms with Gasteiger partial charge in [0.15, 0.2) is 0 Å². The average Bonchev–Trinajstić information content (AvgIpc) is 2.47. The third-order valence-electron chi connectivity index (χ3n) is 2.11. The molecule has 14 heavy (non-hydrogen) atoms. The number of aryl methyl sites for hydroxylation is 1. The Morgan fingerprint density at radius 2 is 2.21 bits per heavy atom. The lowest BCUT2D eigenvalue weighted by Gasteiger charge is -2.00. The molecule has 0 amide bonds. The maximum absolute atomic E-state index is 11.2. The van der Waals surface area contributed by atoms with Gasteiger partial charge in [0.05, 0.1) is 17.1 Å². The van der Waals surface area contributed by atoms with Gasteiger partial charge >= 0.3 is 0 Å². The fourth-order valence-corrected chi connectivity index (χ4v) is 1.50. The molecule has 72 valence electrons. The minimum absolute atomic E-state index is 0.160. The summed E-state index contributed by atoms with van der Waals surface area (Å²) in [5.41, 5.74) is 1.55. The van der Waals surface area contributed by atoms with Gasteiger partial charge in [0.1, 0.15) is 5.75 Å². The van der Waals surface area contributed by atoms with Gasteiger partial charge in [0, 0.05) is 6.92 Å². The number of phenols is 1. The van der Waals surface area contributed by atoms with Crippen LogP contribution in [0, 0.1) is 6.92 Å². The van der Waals surface area contributed by atoms with E-state index in [0.29, 0.717) is 10.9 Å². The Morgan fingerprint density at radius 3 is 2.86 bits per heavy atom. The molecular formula is C10H10N2O2. The fraction of sp³-hybridized carbons (Fsp3) is 0.200. The number of rotatable bonds is 0. The zero-order valence-electron chi connectivity index (χ0n) is 7.98. The number of benzene rings is 1. The van der Waals surface area contributed by atoms with E-state index in [0.717, 1.165) is 5.56 Å². The lowest BCUT2D eigenvalue weighted by Crippen LogP contribution is -2.06. The molecule has 0 unspecified atom stereocenters. The molecule has 1 aromatic carbocycles. The summed E-state index contributed by atoms with van der Waals surface area (Å²) < 4.78 is 1.28. The number of hydrogen-bond acceptors (Lipinski definition) is 3. The van der Waals surface area contributed by atoms with Crippen LogP contribution in [0.15, 0.2) is 18.3 Å². The van der Waals surface area contributed by atoms with Crippen molar-refractivity contribution in [3.63, 3.8) is 0 Å². The molecule has 1 aromatic heterocycles. The second-order valence-corrected chi connectivity index (χ2v) is 3.29. The molecule has 0 fully saturated rings. The molecule has 0 aliphatic heterocycles. The van der Waals surface area contributed by atoms with Crippen LogP contribution >= 0.6 is 0 Å². The SMILES string of the molecule is CC(=O)n1ncc2c(O)cc(C)cc21. The second-order valence-electron chi connectivity index (χ2n) is 3.29. The first-order valence-electron chi connectivity index (χ1n) is 4.28. The predicted molar refractivity (Wildman–Crippen MR) is 52.4 cm³/mol. The van der Waals surface area contributed by atoms with Crippen molar-refractivity contribution in [2.45, 2.75) is 13.8 Å². The molecule has 0 atom stereocenters. The molecule has 0 saturated heterocycles. The number of hydrogen-bond donors (Lipinski definition) is 1. The Morgan fingerprint density at radius 1 is 1.50 bits per heavy atom. The molecule has 1 heterocycles. The van der Waals surface area contributed by atoms with Crippen LogP contribution in [0.25, 0.3) is 10.9 Å². The molecule has 0 bridgehead atoms. The Balaban J connectivity index is 2.85. The van der Waals surface area contributed by atoms with Crippen LogP contribution in [0.5, 0.6) is 5.75 Å². The standard InChI is InChI=1S/C10H10N2O2/c1-6-3-9-8(10(14)4-6)5-11-12(9)7(2)13/h3-5,14H,1-2H3. The number of aromatic hydroxyl groups is 1. The minimum atomic E-state index is -0.162. The smallest absolute Gasteiger partial charge is 0.244 e. The summed E-state index contributed by atoms with van der Waals surface area (Å²) in [6.07, 6.45) is 1.49. The maximum Gasteiger partial charge on any atom is 0.244 e. The van der Waals surface area contributed by atoms with Crippen molar-refractivity contribution in [1.82, 2.24) is 9.78 Å². The highest BCUT2D eigenvalue weighted by atomic mass is 16.3. The monoisotopic (exact) mass is 190 g/mol. The van der Waals surface area contributed by atoms with Crippen molar-refractivity contribution in [2.75, 3.05) is 0 Å². The quantitative estimate of drug-likeness (QED) is 0.688. The Hall–Kier alpha value is -1.84.